The van der Waals surface area contributed by atoms with Crippen LogP contribution in [0.3, 0.4) is 0 Å². The minimum atomic E-state index is 0.473. The van der Waals surface area contributed by atoms with Crippen molar-refractivity contribution >= 4 is 38.4 Å². The Bertz CT molecular complexity index is 1270. The molecule has 0 N–H and O–H groups in total. The lowest BCUT2D eigenvalue weighted by Crippen LogP contribution is -1.97. The van der Waals surface area contributed by atoms with Gasteiger partial charge in [-0.15, -0.1) is 0 Å². The Morgan fingerprint density at radius 1 is 0.933 bits per heavy atom. The lowest BCUT2D eigenvalue weighted by Gasteiger charge is -2.11. The molecule has 0 heterocycles. The van der Waals surface area contributed by atoms with Crippen LogP contribution in [0.1, 0.15) is 22.3 Å². The van der Waals surface area contributed by atoms with E-state index in [4.69, 9.17) is 4.74 Å². The summed E-state index contributed by atoms with van der Waals surface area (Å²) in [5, 5.41) is 12.1. The van der Waals surface area contributed by atoms with Crippen LogP contribution < -0.4 is 4.74 Å². The van der Waals surface area contributed by atoms with Crippen LogP contribution in [0.15, 0.2) is 89.4 Å². The second kappa shape index (κ2) is 8.98. The maximum Gasteiger partial charge on any atom is 0.127 e. The van der Waals surface area contributed by atoms with E-state index in [1.807, 2.05) is 48.5 Å². The van der Waals surface area contributed by atoms with Gasteiger partial charge < -0.3 is 4.74 Å². The molecule has 0 atom stereocenters. The number of rotatable bonds is 5. The van der Waals surface area contributed by atoms with Crippen molar-refractivity contribution < 1.29 is 4.74 Å². The minimum absolute atomic E-state index is 0.473. The summed E-state index contributed by atoms with van der Waals surface area (Å²) < 4.78 is 7.03. The zero-order chi connectivity index (χ0) is 20.9. The SMILES string of the molecule is Cc1ccc(COc2ccc(Br)cc2C=C(C#N)c2ccc3ccccc3c2)cc1. The fraction of sp³-hybridized carbons (Fsp3) is 0.0741. The van der Waals surface area contributed by atoms with Crippen molar-refractivity contribution in [2.45, 2.75) is 13.5 Å². The first-order chi connectivity index (χ1) is 14.6. The first-order valence-electron chi connectivity index (χ1n) is 9.71. The Labute approximate surface area is 185 Å². The molecule has 4 rings (SSSR count). The Kier molecular flexibility index (Phi) is 5.97. The van der Waals surface area contributed by atoms with Crippen molar-refractivity contribution in [3.05, 3.63) is 112 Å². The van der Waals surface area contributed by atoms with E-state index in [9.17, 15) is 5.26 Å². The largest absolute Gasteiger partial charge is 0.488 e. The highest BCUT2D eigenvalue weighted by Crippen LogP contribution is 2.29. The van der Waals surface area contributed by atoms with E-state index in [1.54, 1.807) is 0 Å². The third-order valence-corrected chi connectivity index (χ3v) is 5.46. The van der Waals surface area contributed by atoms with Crippen LogP contribution in [0.25, 0.3) is 22.4 Å². The molecule has 2 nitrogen and oxygen atoms in total. The van der Waals surface area contributed by atoms with Crippen LogP contribution >= 0.6 is 15.9 Å². The molecule has 4 aromatic carbocycles. The molecular formula is C27H20BrNO. The Hall–Kier alpha value is -3.35. The van der Waals surface area contributed by atoms with E-state index < -0.39 is 0 Å². The molecule has 0 amide bonds. The average molecular weight is 454 g/mol. The molecule has 0 aromatic heterocycles. The second-order valence-corrected chi connectivity index (χ2v) is 8.10. The van der Waals surface area contributed by atoms with Crippen molar-refractivity contribution in [3.63, 3.8) is 0 Å². The Morgan fingerprint density at radius 2 is 1.70 bits per heavy atom. The van der Waals surface area contributed by atoms with E-state index in [-0.39, 0.29) is 0 Å². The molecule has 4 aromatic rings. The molecule has 146 valence electrons. The van der Waals surface area contributed by atoms with Gasteiger partial charge >= 0.3 is 0 Å². The van der Waals surface area contributed by atoms with Crippen LogP contribution in [0.4, 0.5) is 0 Å². The van der Waals surface area contributed by atoms with Gasteiger partial charge in [0.2, 0.25) is 0 Å². The van der Waals surface area contributed by atoms with E-state index in [0.717, 1.165) is 37.7 Å². The number of hydrogen-bond donors (Lipinski definition) is 0. The highest BCUT2D eigenvalue weighted by atomic mass is 79.9. The van der Waals surface area contributed by atoms with Crippen molar-refractivity contribution in [1.29, 1.82) is 5.26 Å². The van der Waals surface area contributed by atoms with Crippen LogP contribution in [0.2, 0.25) is 0 Å². The van der Waals surface area contributed by atoms with Gasteiger partial charge in [0.05, 0.1) is 11.6 Å². The topological polar surface area (TPSA) is 33.0 Å². The van der Waals surface area contributed by atoms with Crippen molar-refractivity contribution in [2.24, 2.45) is 0 Å². The molecular weight excluding hydrogens is 434 g/mol. The number of fused-ring (bicyclic) bond motifs is 1. The van der Waals surface area contributed by atoms with Gasteiger partial charge in [0.1, 0.15) is 12.4 Å². The molecule has 0 aliphatic heterocycles. The fourth-order valence-corrected chi connectivity index (χ4v) is 3.68. The summed E-state index contributed by atoms with van der Waals surface area (Å²) in [7, 11) is 0. The van der Waals surface area contributed by atoms with Gasteiger partial charge in [0.25, 0.3) is 0 Å². The lowest BCUT2D eigenvalue weighted by atomic mass is 10.00. The molecule has 0 radical (unpaired) electrons. The normalized spacial score (nSPS) is 11.3. The third-order valence-electron chi connectivity index (χ3n) is 4.97. The molecule has 0 saturated carbocycles. The monoisotopic (exact) mass is 453 g/mol. The summed E-state index contributed by atoms with van der Waals surface area (Å²) in [5.41, 5.74) is 4.68. The quantitative estimate of drug-likeness (QED) is 0.230. The van der Waals surface area contributed by atoms with Gasteiger partial charge in [-0.05, 0) is 59.2 Å². The third kappa shape index (κ3) is 4.62. The summed E-state index contributed by atoms with van der Waals surface area (Å²) in [6.07, 6.45) is 1.89. The van der Waals surface area contributed by atoms with Gasteiger partial charge in [-0.25, -0.2) is 0 Å². The standard InChI is InChI=1S/C27H20BrNO/c1-19-6-8-20(9-7-19)18-30-27-13-12-26(28)16-24(27)15-25(17-29)23-11-10-21-4-2-3-5-22(21)14-23/h2-16H,18H2,1H3. The van der Waals surface area contributed by atoms with Gasteiger partial charge in [0.15, 0.2) is 0 Å². The first kappa shape index (κ1) is 19.9. The van der Waals surface area contributed by atoms with Crippen LogP contribution in [0, 0.1) is 18.3 Å². The molecule has 0 spiro atoms. The summed E-state index contributed by atoms with van der Waals surface area (Å²) in [6, 6.07) is 30.7. The fourth-order valence-electron chi connectivity index (χ4n) is 3.30. The number of nitriles is 1. The molecule has 0 saturated heterocycles. The molecule has 30 heavy (non-hydrogen) atoms. The number of hydrogen-bond acceptors (Lipinski definition) is 2. The molecule has 0 unspecified atom stereocenters. The molecule has 0 fully saturated rings. The second-order valence-electron chi connectivity index (χ2n) is 7.19. The molecule has 0 bridgehead atoms. The number of halogens is 1. The number of nitrogens with zero attached hydrogens (tertiary/aromatic N) is 1. The van der Waals surface area contributed by atoms with Crippen molar-refractivity contribution in [3.8, 4) is 11.8 Å². The van der Waals surface area contributed by atoms with Gasteiger partial charge in [-0.1, -0.05) is 82.2 Å². The maximum atomic E-state index is 9.84. The Morgan fingerprint density at radius 3 is 2.47 bits per heavy atom. The Balaban J connectivity index is 1.67. The van der Waals surface area contributed by atoms with Crippen LogP contribution in [-0.4, -0.2) is 0 Å². The molecule has 0 aliphatic carbocycles. The lowest BCUT2D eigenvalue weighted by molar-refractivity contribution is 0.305. The van der Waals surface area contributed by atoms with Gasteiger partial charge in [-0.2, -0.15) is 5.26 Å². The average Bonchev–Trinajstić information content (AvgIpc) is 2.77. The highest BCUT2D eigenvalue weighted by molar-refractivity contribution is 9.10. The van der Waals surface area contributed by atoms with E-state index in [2.05, 4.69) is 71.4 Å². The maximum absolute atomic E-state index is 9.84. The van der Waals surface area contributed by atoms with Crippen LogP contribution in [0.5, 0.6) is 5.75 Å². The minimum Gasteiger partial charge on any atom is -0.488 e. The van der Waals surface area contributed by atoms with E-state index in [0.29, 0.717) is 12.2 Å². The van der Waals surface area contributed by atoms with Crippen LogP contribution in [-0.2, 0) is 6.61 Å². The van der Waals surface area contributed by atoms with Crippen molar-refractivity contribution in [2.75, 3.05) is 0 Å². The predicted molar refractivity (Wildman–Crippen MR) is 127 cm³/mol. The predicted octanol–water partition coefficient (Wildman–Crippen LogP) is 7.55. The van der Waals surface area contributed by atoms with Gasteiger partial charge in [0, 0.05) is 10.0 Å². The highest BCUT2D eigenvalue weighted by Gasteiger charge is 2.08. The zero-order valence-electron chi connectivity index (χ0n) is 16.6. The summed E-state index contributed by atoms with van der Waals surface area (Å²) in [6.45, 7) is 2.54. The summed E-state index contributed by atoms with van der Waals surface area (Å²) in [4.78, 5) is 0. The zero-order valence-corrected chi connectivity index (χ0v) is 18.2. The molecule has 3 heteroatoms. The summed E-state index contributed by atoms with van der Waals surface area (Å²) in [5.74, 6) is 0.743. The molecule has 0 aliphatic rings. The first-order valence-corrected chi connectivity index (χ1v) is 10.5. The van der Waals surface area contributed by atoms with Gasteiger partial charge in [-0.3, -0.25) is 0 Å². The van der Waals surface area contributed by atoms with E-state index >= 15 is 0 Å². The summed E-state index contributed by atoms with van der Waals surface area (Å²) >= 11 is 3.53. The number of allylic oxidation sites excluding steroid dienone is 1. The number of ether oxygens (including phenoxy) is 1. The smallest absolute Gasteiger partial charge is 0.127 e. The number of aryl methyl sites for hydroxylation is 1. The van der Waals surface area contributed by atoms with Crippen molar-refractivity contribution in [1.82, 2.24) is 0 Å². The van der Waals surface area contributed by atoms with E-state index in [1.165, 1.54) is 5.56 Å². The number of benzene rings is 4.